The van der Waals surface area contributed by atoms with E-state index >= 15 is 0 Å². The fourth-order valence-electron chi connectivity index (χ4n) is 2.91. The molecule has 0 radical (unpaired) electrons. The molecular formula is C20H22F4N2O3S. The van der Waals surface area contributed by atoms with Gasteiger partial charge in [-0.2, -0.15) is 13.2 Å². The van der Waals surface area contributed by atoms with Gasteiger partial charge in [-0.05, 0) is 29.8 Å². The summed E-state index contributed by atoms with van der Waals surface area (Å²) in [5.41, 5.74) is 0.780. The minimum absolute atomic E-state index is 0.0132. The third-order valence-electron chi connectivity index (χ3n) is 4.45. The van der Waals surface area contributed by atoms with Gasteiger partial charge in [0.1, 0.15) is 5.84 Å². The van der Waals surface area contributed by atoms with Gasteiger partial charge in [0.15, 0.2) is 26.7 Å². The number of alkyl halides is 3. The first-order valence-electron chi connectivity index (χ1n) is 8.83. The maximum absolute atomic E-state index is 14.0. The van der Waals surface area contributed by atoms with E-state index in [2.05, 4.69) is 4.99 Å². The fraction of sp³-hybridized carbons (Fsp3) is 0.350. The molecule has 5 nitrogen and oxygen atoms in total. The molecule has 164 valence electrons. The summed E-state index contributed by atoms with van der Waals surface area (Å²) in [5, 5.41) is -2.62. The molecule has 0 N–H and O–H groups in total. The molecule has 2 rings (SSSR count). The second-order valence-electron chi connectivity index (χ2n) is 6.59. The molecule has 0 fully saturated rings. The standard InChI is InChI=1S/C20H22F4N2O3S/c1-25-19(12-14-9-10-17(29-2)16(21)11-14)26(15-7-5-4-6-8-15)13-18(20(22,23)24)30(3,27)28/h4-11,18H,12-13H2,1-3H3. The molecule has 0 saturated carbocycles. The largest absolute Gasteiger partial charge is 0.494 e. The molecule has 0 heterocycles. The van der Waals surface area contributed by atoms with Crippen LogP contribution in [0.2, 0.25) is 0 Å². The quantitative estimate of drug-likeness (QED) is 0.368. The Kier molecular flexibility index (Phi) is 7.46. The minimum Gasteiger partial charge on any atom is -0.494 e. The summed E-state index contributed by atoms with van der Waals surface area (Å²) >= 11 is 0. The molecule has 0 bridgehead atoms. The molecule has 0 aliphatic carbocycles. The first-order valence-corrected chi connectivity index (χ1v) is 10.8. The van der Waals surface area contributed by atoms with Crippen LogP contribution in [0.15, 0.2) is 53.5 Å². The topological polar surface area (TPSA) is 59.0 Å². The van der Waals surface area contributed by atoms with E-state index in [9.17, 15) is 26.0 Å². The number of ether oxygens (including phenoxy) is 1. The van der Waals surface area contributed by atoms with Crippen molar-refractivity contribution in [2.45, 2.75) is 17.8 Å². The average Bonchev–Trinajstić information content (AvgIpc) is 2.66. The Bertz CT molecular complexity index is 993. The molecule has 0 aliphatic rings. The van der Waals surface area contributed by atoms with Crippen molar-refractivity contribution in [1.29, 1.82) is 0 Å². The van der Waals surface area contributed by atoms with Crippen LogP contribution >= 0.6 is 0 Å². The number of aliphatic imine (C=N–C) groups is 1. The second-order valence-corrected chi connectivity index (χ2v) is 8.82. The Labute approximate surface area is 172 Å². The zero-order valence-electron chi connectivity index (χ0n) is 16.6. The van der Waals surface area contributed by atoms with Crippen LogP contribution in [-0.4, -0.2) is 52.6 Å². The van der Waals surface area contributed by atoms with Crippen LogP contribution in [0.5, 0.6) is 5.75 Å². The van der Waals surface area contributed by atoms with E-state index in [1.165, 1.54) is 31.2 Å². The van der Waals surface area contributed by atoms with Crippen LogP contribution in [0.25, 0.3) is 0 Å². The highest BCUT2D eigenvalue weighted by atomic mass is 32.2. The number of para-hydroxylation sites is 1. The molecule has 1 atom stereocenters. The highest BCUT2D eigenvalue weighted by Crippen LogP contribution is 2.29. The van der Waals surface area contributed by atoms with Crippen LogP contribution in [0.1, 0.15) is 5.56 Å². The summed E-state index contributed by atoms with van der Waals surface area (Å²) in [5.74, 6) is -0.437. The number of sulfone groups is 1. The maximum Gasteiger partial charge on any atom is 0.407 e. The summed E-state index contributed by atoms with van der Waals surface area (Å²) in [7, 11) is -1.75. The minimum atomic E-state index is -4.97. The lowest BCUT2D eigenvalue weighted by atomic mass is 10.1. The first kappa shape index (κ1) is 23.7. The van der Waals surface area contributed by atoms with Gasteiger partial charge in [0.25, 0.3) is 0 Å². The number of anilines is 1. The molecule has 0 aromatic heterocycles. The summed E-state index contributed by atoms with van der Waals surface area (Å²) in [6, 6.07) is 12.2. The van der Waals surface area contributed by atoms with Gasteiger partial charge in [-0.3, -0.25) is 4.99 Å². The number of methoxy groups -OCH3 is 1. The van der Waals surface area contributed by atoms with Gasteiger partial charge in [-0.15, -0.1) is 0 Å². The molecule has 10 heteroatoms. The molecule has 2 aromatic rings. The molecule has 0 amide bonds. The van der Waals surface area contributed by atoms with Gasteiger partial charge in [0.05, 0.1) is 7.11 Å². The summed E-state index contributed by atoms with van der Waals surface area (Å²) in [4.78, 5) is 5.27. The van der Waals surface area contributed by atoms with Crippen LogP contribution in [0.3, 0.4) is 0 Å². The van der Waals surface area contributed by atoms with Crippen molar-refractivity contribution in [1.82, 2.24) is 0 Å². The smallest absolute Gasteiger partial charge is 0.407 e. The zero-order chi connectivity index (χ0) is 22.5. The maximum atomic E-state index is 14.0. The van der Waals surface area contributed by atoms with Crippen molar-refractivity contribution in [3.8, 4) is 5.75 Å². The monoisotopic (exact) mass is 446 g/mol. The predicted octanol–water partition coefficient (Wildman–Crippen LogP) is 3.89. The van der Waals surface area contributed by atoms with Crippen LogP contribution in [0, 0.1) is 5.82 Å². The second kappa shape index (κ2) is 9.46. The lowest BCUT2D eigenvalue weighted by Crippen LogP contribution is -2.48. The lowest BCUT2D eigenvalue weighted by Gasteiger charge is -2.30. The number of halogens is 4. The molecular weight excluding hydrogens is 424 g/mol. The van der Waals surface area contributed by atoms with Gasteiger partial charge in [0, 0.05) is 32.0 Å². The van der Waals surface area contributed by atoms with E-state index in [-0.39, 0.29) is 18.0 Å². The van der Waals surface area contributed by atoms with Crippen molar-refractivity contribution in [3.05, 3.63) is 59.9 Å². The predicted molar refractivity (Wildman–Crippen MR) is 108 cm³/mol. The van der Waals surface area contributed by atoms with Crippen molar-refractivity contribution in [2.75, 3.05) is 31.9 Å². The van der Waals surface area contributed by atoms with E-state index in [0.717, 1.165) is 0 Å². The average molecular weight is 446 g/mol. The number of rotatable bonds is 7. The molecule has 0 spiro atoms. The third-order valence-corrected chi connectivity index (χ3v) is 5.90. The van der Waals surface area contributed by atoms with E-state index in [0.29, 0.717) is 17.5 Å². The fourth-order valence-corrected chi connectivity index (χ4v) is 3.82. The Morgan fingerprint density at radius 2 is 1.80 bits per heavy atom. The highest BCUT2D eigenvalue weighted by Gasteiger charge is 2.48. The van der Waals surface area contributed by atoms with Gasteiger partial charge < -0.3 is 9.64 Å². The highest BCUT2D eigenvalue weighted by molar-refractivity contribution is 7.91. The van der Waals surface area contributed by atoms with Crippen LogP contribution < -0.4 is 9.64 Å². The summed E-state index contributed by atoms with van der Waals surface area (Å²) < 4.78 is 83.2. The molecule has 2 aromatic carbocycles. The summed E-state index contributed by atoms with van der Waals surface area (Å²) in [6.07, 6.45) is -4.43. The number of hydrogen-bond acceptors (Lipinski definition) is 4. The first-order chi connectivity index (χ1) is 14.0. The van der Waals surface area contributed by atoms with Crippen molar-refractivity contribution >= 4 is 21.4 Å². The zero-order valence-corrected chi connectivity index (χ0v) is 17.5. The van der Waals surface area contributed by atoms with E-state index in [1.54, 1.807) is 36.4 Å². The third kappa shape index (κ3) is 5.94. The van der Waals surface area contributed by atoms with Crippen molar-refractivity contribution < 1.29 is 30.7 Å². The Morgan fingerprint density at radius 1 is 1.17 bits per heavy atom. The van der Waals surface area contributed by atoms with E-state index in [4.69, 9.17) is 4.74 Å². The number of benzene rings is 2. The molecule has 30 heavy (non-hydrogen) atoms. The number of amidine groups is 1. The van der Waals surface area contributed by atoms with Gasteiger partial charge >= 0.3 is 6.18 Å². The van der Waals surface area contributed by atoms with Crippen molar-refractivity contribution in [3.63, 3.8) is 0 Å². The van der Waals surface area contributed by atoms with Crippen LogP contribution in [0.4, 0.5) is 23.2 Å². The Balaban J connectivity index is 2.46. The number of nitrogens with zero attached hydrogens (tertiary/aromatic N) is 2. The van der Waals surface area contributed by atoms with Gasteiger partial charge in [0.2, 0.25) is 0 Å². The van der Waals surface area contributed by atoms with Gasteiger partial charge in [-0.1, -0.05) is 24.3 Å². The SMILES string of the molecule is CN=C(Cc1ccc(OC)c(F)c1)N(CC(C(F)(F)F)S(C)(=O)=O)c1ccccc1. The van der Waals surface area contributed by atoms with Crippen molar-refractivity contribution in [2.24, 2.45) is 4.99 Å². The Hall–Kier alpha value is -2.62. The van der Waals surface area contributed by atoms with Crippen LogP contribution in [-0.2, 0) is 16.3 Å². The van der Waals surface area contributed by atoms with E-state index < -0.39 is 33.6 Å². The van der Waals surface area contributed by atoms with E-state index in [1.807, 2.05) is 0 Å². The molecule has 1 unspecified atom stereocenters. The molecule has 0 aliphatic heterocycles. The normalized spacial score (nSPS) is 13.8. The number of hydrogen-bond donors (Lipinski definition) is 0. The summed E-state index contributed by atoms with van der Waals surface area (Å²) in [6.45, 7) is -0.877. The lowest BCUT2D eigenvalue weighted by molar-refractivity contribution is -0.128. The Morgan fingerprint density at radius 3 is 2.27 bits per heavy atom. The van der Waals surface area contributed by atoms with Gasteiger partial charge in [-0.25, -0.2) is 12.8 Å². The molecule has 0 saturated heterocycles.